The summed E-state index contributed by atoms with van der Waals surface area (Å²) in [4.78, 5) is 2.09. The van der Waals surface area contributed by atoms with Gasteiger partial charge in [-0.15, -0.1) is 0 Å². The lowest BCUT2D eigenvalue weighted by Crippen LogP contribution is -2.49. The number of para-hydroxylation sites is 1. The molecule has 1 N–H and O–H groups in total. The van der Waals surface area contributed by atoms with E-state index in [0.717, 1.165) is 40.6 Å². The van der Waals surface area contributed by atoms with Crippen molar-refractivity contribution in [2.24, 2.45) is 5.92 Å². The molecule has 2 aromatic carbocycles. The van der Waals surface area contributed by atoms with Crippen molar-refractivity contribution in [3.05, 3.63) is 53.2 Å². The first kappa shape index (κ1) is 21.2. The molecule has 0 saturated heterocycles. The molecule has 2 rings (SSSR count). The van der Waals surface area contributed by atoms with Crippen LogP contribution in [0.2, 0.25) is 0 Å². The highest BCUT2D eigenvalue weighted by Crippen LogP contribution is 2.34. The first-order valence-corrected chi connectivity index (χ1v) is 9.51. The van der Waals surface area contributed by atoms with Gasteiger partial charge in [-0.1, -0.05) is 51.1 Å². The molecule has 0 aliphatic rings. The zero-order chi connectivity index (χ0) is 20.0. The van der Waals surface area contributed by atoms with E-state index in [9.17, 15) is 5.21 Å². The van der Waals surface area contributed by atoms with Crippen LogP contribution in [0.15, 0.2) is 42.5 Å². The highest BCUT2D eigenvalue weighted by atomic mass is 16.5. The van der Waals surface area contributed by atoms with E-state index in [1.165, 1.54) is 0 Å². The van der Waals surface area contributed by atoms with Gasteiger partial charge in [0.1, 0.15) is 5.75 Å². The number of aryl methyl sites for hydroxylation is 1. The zero-order valence-electron chi connectivity index (χ0n) is 17.3. The summed E-state index contributed by atoms with van der Waals surface area (Å²) in [6, 6.07) is 13.9. The van der Waals surface area contributed by atoms with Crippen LogP contribution in [0, 0.1) is 11.1 Å². The van der Waals surface area contributed by atoms with Gasteiger partial charge in [-0.25, -0.2) is 5.43 Å². The van der Waals surface area contributed by atoms with Crippen molar-refractivity contribution in [2.75, 3.05) is 32.9 Å². The molecule has 2 aromatic rings. The smallest absolute Gasteiger partial charge is 0.129 e. The molecule has 0 heterocycles. The number of nitrogens with one attached hydrogen (secondary N) is 1. The van der Waals surface area contributed by atoms with Crippen LogP contribution in [0.25, 0.3) is 11.1 Å². The van der Waals surface area contributed by atoms with Crippen LogP contribution in [-0.2, 0) is 6.42 Å². The van der Waals surface area contributed by atoms with Crippen molar-refractivity contribution >= 4 is 5.69 Å². The lowest BCUT2D eigenvalue weighted by atomic mass is 10.00. The Morgan fingerprint density at radius 3 is 2.41 bits per heavy atom. The van der Waals surface area contributed by atoms with E-state index in [0.29, 0.717) is 11.6 Å². The van der Waals surface area contributed by atoms with Crippen molar-refractivity contribution in [2.45, 2.75) is 33.2 Å². The number of anilines is 1. The van der Waals surface area contributed by atoms with Crippen molar-refractivity contribution in [1.82, 2.24) is 10.3 Å². The van der Waals surface area contributed by atoms with Crippen LogP contribution in [-0.4, -0.2) is 38.7 Å². The number of benzene rings is 2. The Kier molecular flexibility index (Phi) is 7.66. The van der Waals surface area contributed by atoms with Crippen molar-refractivity contribution in [3.63, 3.8) is 0 Å². The van der Waals surface area contributed by atoms with E-state index in [1.54, 1.807) is 7.11 Å². The Morgan fingerprint density at radius 1 is 1.11 bits per heavy atom. The van der Waals surface area contributed by atoms with Gasteiger partial charge in [-0.3, -0.25) is 0 Å². The minimum Gasteiger partial charge on any atom is -0.743 e. The second kappa shape index (κ2) is 9.74. The van der Waals surface area contributed by atoms with Gasteiger partial charge in [0.05, 0.1) is 7.11 Å². The summed E-state index contributed by atoms with van der Waals surface area (Å²) in [6.07, 6.45) is 0.895. The lowest BCUT2D eigenvalue weighted by molar-refractivity contribution is 0.290. The van der Waals surface area contributed by atoms with Gasteiger partial charge in [-0.05, 0) is 49.7 Å². The van der Waals surface area contributed by atoms with Crippen molar-refractivity contribution in [1.29, 1.82) is 0 Å². The van der Waals surface area contributed by atoms with E-state index in [-0.39, 0.29) is 6.04 Å². The molecule has 5 nitrogen and oxygen atoms in total. The van der Waals surface area contributed by atoms with E-state index in [1.807, 2.05) is 50.5 Å². The Hall–Kier alpha value is -2.08. The van der Waals surface area contributed by atoms with E-state index in [4.69, 9.17) is 4.74 Å². The van der Waals surface area contributed by atoms with Crippen LogP contribution in [0.1, 0.15) is 26.3 Å². The first-order valence-electron chi connectivity index (χ1n) is 9.51. The minimum atomic E-state index is 0.0686. The first-order chi connectivity index (χ1) is 12.9. The SMILES string of the molecule is CCc1cccc(-c2cccc(N([O-])N[C@H](CN(C)C)C(C)C)c2)c1OC. The van der Waals surface area contributed by atoms with Crippen molar-refractivity contribution in [3.8, 4) is 16.9 Å². The molecular weight excluding hydrogens is 338 g/mol. The van der Waals surface area contributed by atoms with Crippen LogP contribution >= 0.6 is 0 Å². The molecule has 0 amide bonds. The molecule has 0 aromatic heterocycles. The number of hydrazine groups is 1. The predicted octanol–water partition coefficient (Wildman–Crippen LogP) is 4.32. The number of methoxy groups -OCH3 is 1. The minimum absolute atomic E-state index is 0.0686. The molecule has 148 valence electrons. The molecule has 1 atom stereocenters. The normalized spacial score (nSPS) is 12.5. The topological polar surface area (TPSA) is 50.8 Å². The third-order valence-corrected chi connectivity index (χ3v) is 4.72. The standard InChI is InChI=1S/C22H32N3O2/c1-7-17-10-9-13-20(22(17)27-6)18-11-8-12-19(14-18)25(26)23-21(16(2)3)15-24(4)5/h8-14,16,21,23H,7,15H2,1-6H3/q-1/t21-/m1/s1. The molecule has 0 aliphatic carbocycles. The summed E-state index contributed by atoms with van der Waals surface area (Å²) in [7, 11) is 5.72. The van der Waals surface area contributed by atoms with Crippen molar-refractivity contribution < 1.29 is 4.74 Å². The van der Waals surface area contributed by atoms with Gasteiger partial charge in [0.15, 0.2) is 0 Å². The van der Waals surface area contributed by atoms with E-state index >= 15 is 0 Å². The van der Waals surface area contributed by atoms with Gasteiger partial charge >= 0.3 is 0 Å². The average Bonchev–Trinajstić information content (AvgIpc) is 2.66. The predicted molar refractivity (Wildman–Crippen MR) is 114 cm³/mol. The summed E-state index contributed by atoms with van der Waals surface area (Å²) < 4.78 is 5.65. The zero-order valence-corrected chi connectivity index (χ0v) is 17.3. The average molecular weight is 371 g/mol. The molecule has 0 radical (unpaired) electrons. The highest BCUT2D eigenvalue weighted by molar-refractivity contribution is 5.75. The summed E-state index contributed by atoms with van der Waals surface area (Å²) in [5.74, 6) is 1.21. The molecule has 0 unspecified atom stereocenters. The maximum absolute atomic E-state index is 12.8. The Labute approximate surface area is 163 Å². The fourth-order valence-electron chi connectivity index (χ4n) is 3.15. The summed E-state index contributed by atoms with van der Waals surface area (Å²) in [6.45, 7) is 7.14. The van der Waals surface area contributed by atoms with E-state index < -0.39 is 0 Å². The quantitative estimate of drug-likeness (QED) is 0.666. The largest absolute Gasteiger partial charge is 0.743 e. The Morgan fingerprint density at radius 2 is 1.81 bits per heavy atom. The fraction of sp³-hybridized carbons (Fsp3) is 0.455. The maximum atomic E-state index is 12.8. The summed E-state index contributed by atoms with van der Waals surface area (Å²) >= 11 is 0. The molecule has 0 aliphatic heterocycles. The highest BCUT2D eigenvalue weighted by Gasteiger charge is 2.15. The monoisotopic (exact) mass is 370 g/mol. The van der Waals surface area contributed by atoms with Gasteiger partial charge in [0.25, 0.3) is 0 Å². The second-order valence-corrected chi connectivity index (χ2v) is 7.44. The molecule has 0 bridgehead atoms. The number of hydrogen-bond acceptors (Lipinski definition) is 5. The number of hydrogen-bond donors (Lipinski definition) is 1. The molecule has 0 fully saturated rings. The van der Waals surface area contributed by atoms with Gasteiger partial charge in [0, 0.05) is 23.8 Å². The molecule has 27 heavy (non-hydrogen) atoms. The van der Waals surface area contributed by atoms with Crippen LogP contribution < -0.4 is 15.3 Å². The number of rotatable bonds is 9. The molecule has 0 saturated carbocycles. The second-order valence-electron chi connectivity index (χ2n) is 7.44. The van der Waals surface area contributed by atoms with E-state index in [2.05, 4.69) is 37.2 Å². The lowest BCUT2D eigenvalue weighted by Gasteiger charge is -2.38. The molecule has 5 heteroatoms. The Bertz CT molecular complexity index is 731. The molecule has 0 spiro atoms. The Balaban J connectivity index is 2.30. The summed E-state index contributed by atoms with van der Waals surface area (Å²) in [5.41, 5.74) is 6.81. The third-order valence-electron chi connectivity index (χ3n) is 4.72. The maximum Gasteiger partial charge on any atom is 0.129 e. The third kappa shape index (κ3) is 5.45. The number of nitrogens with zero attached hydrogens (tertiary/aromatic N) is 2. The number of ether oxygens (including phenoxy) is 1. The van der Waals surface area contributed by atoms with Crippen LogP contribution in [0.3, 0.4) is 0 Å². The van der Waals surface area contributed by atoms with Gasteiger partial charge in [0.2, 0.25) is 0 Å². The fourth-order valence-corrected chi connectivity index (χ4v) is 3.15. The number of likely N-dealkylation sites (N-methyl/N-ethyl adjacent to an activating group) is 1. The summed E-state index contributed by atoms with van der Waals surface area (Å²) in [5, 5.41) is 13.6. The van der Waals surface area contributed by atoms with Crippen LogP contribution in [0.5, 0.6) is 5.75 Å². The van der Waals surface area contributed by atoms with Crippen LogP contribution in [0.4, 0.5) is 5.69 Å². The van der Waals surface area contributed by atoms with Gasteiger partial charge < -0.3 is 20.0 Å². The van der Waals surface area contributed by atoms with Gasteiger partial charge in [-0.2, -0.15) is 0 Å². The molecular formula is C22H32N3O2-.